The van der Waals surface area contributed by atoms with Crippen LogP contribution in [0.15, 0.2) is 60.7 Å². The summed E-state index contributed by atoms with van der Waals surface area (Å²) in [6.07, 6.45) is 0.961. The quantitative estimate of drug-likeness (QED) is 0.504. The van der Waals surface area contributed by atoms with Crippen LogP contribution in [0.25, 0.3) is 0 Å². The summed E-state index contributed by atoms with van der Waals surface area (Å²) in [6.45, 7) is 1.81. The number of benzene rings is 3. The third-order valence-corrected chi connectivity index (χ3v) is 6.21. The molecule has 1 aliphatic heterocycles. The molecule has 0 fully saturated rings. The molecule has 4 nitrogen and oxygen atoms in total. The molecule has 3 aromatic carbocycles. The van der Waals surface area contributed by atoms with Gasteiger partial charge in [0.15, 0.2) is 11.5 Å². The van der Waals surface area contributed by atoms with Crippen LogP contribution in [0, 0.1) is 0 Å². The zero-order chi connectivity index (χ0) is 22.0. The highest BCUT2D eigenvalue weighted by Crippen LogP contribution is 2.42. The third kappa shape index (κ3) is 4.51. The molecule has 1 aliphatic rings. The maximum atomic E-state index is 6.38. The van der Waals surface area contributed by atoms with E-state index in [2.05, 4.69) is 72.4 Å². The summed E-state index contributed by atoms with van der Waals surface area (Å²) < 4.78 is 11.2. The third-order valence-electron chi connectivity index (χ3n) is 5.98. The zero-order valence-corrected chi connectivity index (χ0v) is 19.3. The first-order valence-corrected chi connectivity index (χ1v) is 10.9. The van der Waals surface area contributed by atoms with Gasteiger partial charge in [0.05, 0.1) is 20.3 Å². The SMILES string of the molecule is COc1cc2c(cc1OC)[C@@H](c1cccc(Cl)c1)N(Cc1ccc(N(C)C)cc1)CC2. The summed E-state index contributed by atoms with van der Waals surface area (Å²) in [7, 11) is 7.50. The van der Waals surface area contributed by atoms with Crippen molar-refractivity contribution in [3.05, 3.63) is 87.9 Å². The Hall–Kier alpha value is -2.69. The molecule has 162 valence electrons. The van der Waals surface area contributed by atoms with Gasteiger partial charge in [0.1, 0.15) is 0 Å². The summed E-state index contributed by atoms with van der Waals surface area (Å²) in [4.78, 5) is 4.64. The van der Waals surface area contributed by atoms with Crippen LogP contribution >= 0.6 is 11.6 Å². The minimum Gasteiger partial charge on any atom is -0.493 e. The van der Waals surface area contributed by atoms with Crippen molar-refractivity contribution < 1.29 is 9.47 Å². The van der Waals surface area contributed by atoms with Crippen molar-refractivity contribution in [1.29, 1.82) is 0 Å². The molecule has 0 aromatic heterocycles. The van der Waals surface area contributed by atoms with Gasteiger partial charge in [-0.05, 0) is 65.1 Å². The average Bonchev–Trinajstić information content (AvgIpc) is 2.78. The lowest BCUT2D eigenvalue weighted by Crippen LogP contribution is -2.35. The van der Waals surface area contributed by atoms with Gasteiger partial charge >= 0.3 is 0 Å². The highest BCUT2D eigenvalue weighted by atomic mass is 35.5. The van der Waals surface area contributed by atoms with Gasteiger partial charge in [-0.15, -0.1) is 0 Å². The lowest BCUT2D eigenvalue weighted by atomic mass is 9.87. The van der Waals surface area contributed by atoms with Crippen LogP contribution in [0.1, 0.15) is 28.3 Å². The number of fused-ring (bicyclic) bond motifs is 1. The summed E-state index contributed by atoms with van der Waals surface area (Å²) in [5, 5.41) is 0.750. The maximum Gasteiger partial charge on any atom is 0.161 e. The van der Waals surface area contributed by atoms with Gasteiger partial charge in [0.2, 0.25) is 0 Å². The number of hydrogen-bond acceptors (Lipinski definition) is 4. The van der Waals surface area contributed by atoms with Crippen LogP contribution in [0.4, 0.5) is 5.69 Å². The Morgan fingerprint density at radius 1 is 0.968 bits per heavy atom. The summed E-state index contributed by atoms with van der Waals surface area (Å²) >= 11 is 6.38. The van der Waals surface area contributed by atoms with E-state index in [9.17, 15) is 0 Å². The lowest BCUT2D eigenvalue weighted by Gasteiger charge is -2.38. The minimum atomic E-state index is 0.0933. The maximum absolute atomic E-state index is 6.38. The predicted octanol–water partition coefficient (Wildman–Crippen LogP) is 5.57. The van der Waals surface area contributed by atoms with E-state index in [0.29, 0.717) is 0 Å². The van der Waals surface area contributed by atoms with Crippen LogP contribution in [0.2, 0.25) is 5.02 Å². The minimum absolute atomic E-state index is 0.0933. The van der Waals surface area contributed by atoms with Crippen LogP contribution in [0.3, 0.4) is 0 Å². The molecule has 0 radical (unpaired) electrons. The van der Waals surface area contributed by atoms with Crippen LogP contribution in [-0.2, 0) is 13.0 Å². The molecule has 0 N–H and O–H groups in total. The monoisotopic (exact) mass is 436 g/mol. The van der Waals surface area contributed by atoms with E-state index in [1.807, 2.05) is 12.1 Å². The van der Waals surface area contributed by atoms with E-state index in [1.165, 1.54) is 27.9 Å². The molecule has 0 spiro atoms. The number of hydrogen-bond donors (Lipinski definition) is 0. The molecule has 0 saturated heterocycles. The normalized spacial score (nSPS) is 16.0. The molecule has 1 atom stereocenters. The number of ether oxygens (including phenoxy) is 2. The molecule has 0 saturated carbocycles. The molecule has 0 aliphatic carbocycles. The van der Waals surface area contributed by atoms with Crippen LogP contribution in [0.5, 0.6) is 11.5 Å². The fraction of sp³-hybridized carbons (Fsp3) is 0.308. The Kier molecular flexibility index (Phi) is 6.40. The first kappa shape index (κ1) is 21.5. The van der Waals surface area contributed by atoms with Crippen molar-refractivity contribution in [2.75, 3.05) is 39.8 Å². The van der Waals surface area contributed by atoms with Gasteiger partial charge in [-0.25, -0.2) is 0 Å². The second-order valence-electron chi connectivity index (χ2n) is 8.14. The Morgan fingerprint density at radius 2 is 1.68 bits per heavy atom. The van der Waals surface area contributed by atoms with Crippen molar-refractivity contribution in [2.24, 2.45) is 0 Å². The first-order valence-electron chi connectivity index (χ1n) is 10.5. The predicted molar refractivity (Wildman–Crippen MR) is 128 cm³/mol. The Morgan fingerprint density at radius 3 is 2.32 bits per heavy atom. The highest BCUT2D eigenvalue weighted by molar-refractivity contribution is 6.30. The van der Waals surface area contributed by atoms with Crippen molar-refractivity contribution in [1.82, 2.24) is 4.90 Å². The first-order chi connectivity index (χ1) is 15.0. The van der Waals surface area contributed by atoms with E-state index in [-0.39, 0.29) is 6.04 Å². The zero-order valence-electron chi connectivity index (χ0n) is 18.6. The number of methoxy groups -OCH3 is 2. The van der Waals surface area contributed by atoms with Crippen LogP contribution in [-0.4, -0.2) is 39.8 Å². The Labute approximate surface area is 190 Å². The number of rotatable bonds is 6. The van der Waals surface area contributed by atoms with Gasteiger partial charge in [0.25, 0.3) is 0 Å². The summed E-state index contributed by atoms with van der Waals surface area (Å²) in [5.74, 6) is 1.53. The topological polar surface area (TPSA) is 24.9 Å². The molecule has 0 bridgehead atoms. The fourth-order valence-electron chi connectivity index (χ4n) is 4.37. The largest absolute Gasteiger partial charge is 0.493 e. The van der Waals surface area contributed by atoms with Gasteiger partial charge in [-0.2, -0.15) is 0 Å². The molecule has 31 heavy (non-hydrogen) atoms. The lowest BCUT2D eigenvalue weighted by molar-refractivity contribution is 0.203. The molecule has 5 heteroatoms. The number of nitrogens with zero attached hydrogens (tertiary/aromatic N) is 2. The second kappa shape index (κ2) is 9.21. The standard InChI is InChI=1S/C26H29ClN2O2/c1-28(2)22-10-8-18(9-11-22)17-29-13-12-19-15-24(30-3)25(31-4)16-23(19)26(29)20-6-5-7-21(27)14-20/h5-11,14-16,26H,12-13,17H2,1-4H3/t26-/m1/s1. The molecule has 1 heterocycles. The van der Waals surface area contributed by atoms with Gasteiger partial charge in [0, 0.05) is 37.9 Å². The van der Waals surface area contributed by atoms with Crippen molar-refractivity contribution in [3.63, 3.8) is 0 Å². The number of halogens is 1. The van der Waals surface area contributed by atoms with E-state index >= 15 is 0 Å². The van der Waals surface area contributed by atoms with Crippen LogP contribution < -0.4 is 14.4 Å². The fourth-order valence-corrected chi connectivity index (χ4v) is 4.57. The molecular weight excluding hydrogens is 408 g/mol. The van der Waals surface area contributed by atoms with E-state index in [4.69, 9.17) is 21.1 Å². The highest BCUT2D eigenvalue weighted by Gasteiger charge is 2.30. The second-order valence-corrected chi connectivity index (χ2v) is 8.58. The summed E-state index contributed by atoms with van der Waals surface area (Å²) in [6, 6.07) is 21.3. The average molecular weight is 437 g/mol. The van der Waals surface area contributed by atoms with E-state index < -0.39 is 0 Å². The Balaban J connectivity index is 1.75. The smallest absolute Gasteiger partial charge is 0.161 e. The molecule has 0 unspecified atom stereocenters. The molecule has 4 rings (SSSR count). The van der Waals surface area contributed by atoms with Gasteiger partial charge < -0.3 is 14.4 Å². The van der Waals surface area contributed by atoms with Gasteiger partial charge in [-0.1, -0.05) is 35.9 Å². The van der Waals surface area contributed by atoms with Gasteiger partial charge in [-0.3, -0.25) is 4.90 Å². The van der Waals surface area contributed by atoms with E-state index in [1.54, 1.807) is 14.2 Å². The summed E-state index contributed by atoms with van der Waals surface area (Å²) in [5.41, 5.74) is 6.22. The number of anilines is 1. The Bertz CT molecular complexity index is 1050. The molecule has 0 amide bonds. The molecule has 3 aromatic rings. The molecular formula is C26H29ClN2O2. The van der Waals surface area contributed by atoms with Crippen molar-refractivity contribution in [2.45, 2.75) is 19.0 Å². The van der Waals surface area contributed by atoms with E-state index in [0.717, 1.165) is 36.0 Å². The van der Waals surface area contributed by atoms with Crippen molar-refractivity contribution >= 4 is 17.3 Å². The van der Waals surface area contributed by atoms with Crippen molar-refractivity contribution in [3.8, 4) is 11.5 Å².